The molecule has 10 heteroatoms. The molecule has 1 N–H and O–H groups in total. The number of benzene rings is 2. The van der Waals surface area contributed by atoms with Gasteiger partial charge in [-0.25, -0.2) is 24.1 Å². The Bertz CT molecular complexity index is 1580. The van der Waals surface area contributed by atoms with E-state index in [1.807, 2.05) is 23.8 Å². The van der Waals surface area contributed by atoms with Crippen molar-refractivity contribution in [3.8, 4) is 11.8 Å². The molecule has 1 saturated heterocycles. The molecule has 2 fully saturated rings. The summed E-state index contributed by atoms with van der Waals surface area (Å²) in [7, 11) is 1.95. The van der Waals surface area contributed by atoms with Gasteiger partial charge in [0, 0.05) is 38.6 Å². The van der Waals surface area contributed by atoms with Crippen LogP contribution in [-0.2, 0) is 31.2 Å². The van der Waals surface area contributed by atoms with Crippen molar-refractivity contribution in [3.05, 3.63) is 82.9 Å². The van der Waals surface area contributed by atoms with E-state index in [2.05, 4.69) is 9.97 Å². The molecule has 1 aliphatic heterocycles. The molecular formula is C32H34FN5O4. The SMILES string of the molecule is C1COC1.Cn1c(CC2CCC(Cc3ccnc(COc4ccc(C#N)cc4F)n3)CC2)nc2ccc(C(=O)O)cc21. The van der Waals surface area contributed by atoms with Crippen molar-refractivity contribution in [2.24, 2.45) is 18.9 Å². The smallest absolute Gasteiger partial charge is 0.335 e. The van der Waals surface area contributed by atoms with E-state index in [1.165, 1.54) is 18.6 Å². The Hall–Kier alpha value is -4.36. The second-order valence-electron chi connectivity index (χ2n) is 10.9. The molecule has 0 radical (unpaired) electrons. The van der Waals surface area contributed by atoms with E-state index >= 15 is 0 Å². The molecule has 0 bridgehead atoms. The number of carbonyl (C=O) groups is 1. The average Bonchev–Trinajstić information content (AvgIpc) is 3.26. The molecule has 42 heavy (non-hydrogen) atoms. The lowest BCUT2D eigenvalue weighted by Crippen LogP contribution is -2.19. The maximum absolute atomic E-state index is 14.1. The molecule has 0 atom stereocenters. The molecule has 1 saturated carbocycles. The zero-order valence-corrected chi connectivity index (χ0v) is 23.6. The van der Waals surface area contributed by atoms with E-state index in [-0.39, 0.29) is 23.5 Å². The number of hydrogen-bond donors (Lipinski definition) is 1. The second-order valence-corrected chi connectivity index (χ2v) is 10.9. The van der Waals surface area contributed by atoms with Gasteiger partial charge in [0.25, 0.3) is 0 Å². The predicted octanol–water partition coefficient (Wildman–Crippen LogP) is 5.65. The van der Waals surface area contributed by atoms with Crippen LogP contribution in [0.15, 0.2) is 48.7 Å². The van der Waals surface area contributed by atoms with Gasteiger partial charge in [-0.3, -0.25) is 0 Å². The number of ether oxygens (including phenoxy) is 2. The first-order chi connectivity index (χ1) is 20.4. The number of aromatic carboxylic acids is 1. The molecule has 218 valence electrons. The summed E-state index contributed by atoms with van der Waals surface area (Å²) in [4.78, 5) is 25.0. The number of nitrogens with zero attached hydrogens (tertiary/aromatic N) is 5. The molecule has 1 aliphatic carbocycles. The fourth-order valence-corrected chi connectivity index (χ4v) is 5.35. The molecule has 4 aromatic rings. The summed E-state index contributed by atoms with van der Waals surface area (Å²) in [6.07, 6.45) is 9.14. The Morgan fingerprint density at radius 1 is 1.10 bits per heavy atom. The lowest BCUT2D eigenvalue weighted by Gasteiger charge is -2.28. The molecule has 0 amide bonds. The Morgan fingerprint density at radius 2 is 1.81 bits per heavy atom. The normalized spacial score (nSPS) is 17.9. The highest BCUT2D eigenvalue weighted by Gasteiger charge is 2.24. The molecule has 2 aromatic carbocycles. The van der Waals surface area contributed by atoms with E-state index in [4.69, 9.17) is 19.7 Å². The minimum absolute atomic E-state index is 0.0510. The maximum Gasteiger partial charge on any atom is 0.335 e. The van der Waals surface area contributed by atoms with Crippen LogP contribution in [0, 0.1) is 29.0 Å². The van der Waals surface area contributed by atoms with Gasteiger partial charge in [0.2, 0.25) is 0 Å². The summed E-state index contributed by atoms with van der Waals surface area (Å²) in [5.41, 5.74) is 3.14. The Morgan fingerprint density at radius 3 is 2.45 bits per heavy atom. The van der Waals surface area contributed by atoms with Crippen LogP contribution in [0.5, 0.6) is 5.75 Å². The van der Waals surface area contributed by atoms with Gasteiger partial charge in [-0.2, -0.15) is 5.26 Å². The highest BCUT2D eigenvalue weighted by atomic mass is 19.1. The Labute approximate surface area is 244 Å². The predicted molar refractivity (Wildman–Crippen MR) is 153 cm³/mol. The molecule has 0 spiro atoms. The zero-order chi connectivity index (χ0) is 29.5. The van der Waals surface area contributed by atoms with E-state index in [0.717, 1.165) is 80.4 Å². The lowest BCUT2D eigenvalue weighted by molar-refractivity contribution is 0.0367. The van der Waals surface area contributed by atoms with Gasteiger partial charge in [-0.05, 0) is 92.8 Å². The van der Waals surface area contributed by atoms with Gasteiger partial charge in [-0.1, -0.05) is 0 Å². The highest BCUT2D eigenvalue weighted by Crippen LogP contribution is 2.33. The number of halogens is 1. The van der Waals surface area contributed by atoms with Gasteiger partial charge in [0.05, 0.1) is 28.2 Å². The second kappa shape index (κ2) is 13.5. The van der Waals surface area contributed by atoms with Crippen LogP contribution in [0.2, 0.25) is 0 Å². The zero-order valence-electron chi connectivity index (χ0n) is 23.6. The van der Waals surface area contributed by atoms with E-state index in [1.54, 1.807) is 24.4 Å². The van der Waals surface area contributed by atoms with Crippen molar-refractivity contribution in [3.63, 3.8) is 0 Å². The summed E-state index contributed by atoms with van der Waals surface area (Å²) in [6.45, 7) is 2.05. The number of imidazole rings is 1. The number of nitriles is 1. The number of aryl methyl sites for hydroxylation is 1. The molecule has 0 unspecified atom stereocenters. The quantitative estimate of drug-likeness (QED) is 0.288. The number of fused-ring (bicyclic) bond motifs is 1. The van der Waals surface area contributed by atoms with E-state index in [9.17, 15) is 14.3 Å². The largest absolute Gasteiger partial charge is 0.483 e. The van der Waals surface area contributed by atoms with Crippen molar-refractivity contribution in [2.45, 2.75) is 51.6 Å². The third-order valence-electron chi connectivity index (χ3n) is 7.91. The number of hydrogen-bond acceptors (Lipinski definition) is 7. The van der Waals surface area contributed by atoms with E-state index < -0.39 is 11.8 Å². The molecule has 9 nitrogen and oxygen atoms in total. The first-order valence-electron chi connectivity index (χ1n) is 14.3. The number of aromatic nitrogens is 4. The van der Waals surface area contributed by atoms with Crippen LogP contribution in [-0.4, -0.2) is 43.8 Å². The molecule has 3 heterocycles. The fourth-order valence-electron chi connectivity index (χ4n) is 5.35. The van der Waals surface area contributed by atoms with Crippen LogP contribution >= 0.6 is 0 Å². The monoisotopic (exact) mass is 571 g/mol. The topological polar surface area (TPSA) is 123 Å². The molecular weight excluding hydrogens is 537 g/mol. The number of carboxylic acid groups (broad SMARTS) is 1. The standard InChI is InChI=1S/C29H28FN5O3.C3H6O/c1-35-25-15-21(29(36)37)7-8-24(25)34-28(35)14-19-4-2-18(3-5-19)12-22-10-11-32-27(33-22)17-38-26-9-6-20(16-31)13-23(26)30;1-2-4-3-1/h6-11,13,15,18-19H,2-5,12,14,17H2,1H3,(H,36,37);1-3H2. The highest BCUT2D eigenvalue weighted by molar-refractivity contribution is 5.92. The minimum Gasteiger partial charge on any atom is -0.483 e. The summed E-state index contributed by atoms with van der Waals surface area (Å²) in [6, 6.07) is 13.0. The number of rotatable bonds is 8. The van der Waals surface area contributed by atoms with Crippen molar-refractivity contribution < 1.29 is 23.8 Å². The average molecular weight is 572 g/mol. The van der Waals surface area contributed by atoms with Crippen molar-refractivity contribution >= 4 is 17.0 Å². The number of carboxylic acids is 1. The van der Waals surface area contributed by atoms with Gasteiger partial charge >= 0.3 is 5.97 Å². The van der Waals surface area contributed by atoms with Crippen LogP contribution in [0.3, 0.4) is 0 Å². The Kier molecular flexibility index (Phi) is 9.39. The molecule has 2 aliphatic rings. The summed E-state index contributed by atoms with van der Waals surface area (Å²) in [5.74, 6) is 1.11. The van der Waals surface area contributed by atoms with Crippen molar-refractivity contribution in [2.75, 3.05) is 13.2 Å². The summed E-state index contributed by atoms with van der Waals surface area (Å²) in [5, 5.41) is 18.2. The summed E-state index contributed by atoms with van der Waals surface area (Å²) < 4.78 is 26.4. The van der Waals surface area contributed by atoms with Crippen LogP contribution in [0.1, 0.15) is 65.4 Å². The third-order valence-corrected chi connectivity index (χ3v) is 7.91. The first kappa shape index (κ1) is 29.1. The van der Waals surface area contributed by atoms with Crippen LogP contribution in [0.25, 0.3) is 11.0 Å². The van der Waals surface area contributed by atoms with Gasteiger partial charge < -0.3 is 19.1 Å². The molecule has 6 rings (SSSR count). The maximum atomic E-state index is 14.1. The van der Waals surface area contributed by atoms with E-state index in [0.29, 0.717) is 17.7 Å². The van der Waals surface area contributed by atoms with Crippen LogP contribution in [0.4, 0.5) is 4.39 Å². The van der Waals surface area contributed by atoms with Gasteiger partial charge in [0.1, 0.15) is 12.4 Å². The van der Waals surface area contributed by atoms with Gasteiger partial charge in [-0.15, -0.1) is 0 Å². The van der Waals surface area contributed by atoms with Crippen LogP contribution < -0.4 is 4.74 Å². The minimum atomic E-state index is -0.934. The fraction of sp³-hybridized carbons (Fsp3) is 0.406. The third kappa shape index (κ3) is 7.28. The first-order valence-corrected chi connectivity index (χ1v) is 14.3. The van der Waals surface area contributed by atoms with Crippen molar-refractivity contribution in [1.82, 2.24) is 19.5 Å². The summed E-state index contributed by atoms with van der Waals surface area (Å²) >= 11 is 0. The Balaban J connectivity index is 0.000000813. The molecule has 2 aromatic heterocycles. The van der Waals surface area contributed by atoms with Crippen molar-refractivity contribution in [1.29, 1.82) is 5.26 Å². The van der Waals surface area contributed by atoms with Gasteiger partial charge in [0.15, 0.2) is 17.4 Å². The lowest BCUT2D eigenvalue weighted by atomic mass is 9.78.